The molecule has 150 valence electrons. The molecule has 0 aliphatic carbocycles. The van der Waals surface area contributed by atoms with Gasteiger partial charge in [0.25, 0.3) is 0 Å². The number of halogens is 2. The minimum Gasteiger partial charge on any atom is -0.311 e. The average molecular weight is 532 g/mol. The number of hydrogen-bond donors (Lipinski definition) is 0. The van der Waals surface area contributed by atoms with Gasteiger partial charge in [0.15, 0.2) is 0 Å². The Balaban J connectivity index is 1.62. The second-order valence-corrected chi connectivity index (χ2v) is 8.49. The molecule has 4 rings (SSSR count). The Morgan fingerprint density at radius 2 is 0.903 bits per heavy atom. The number of azo groups is 1. The van der Waals surface area contributed by atoms with Crippen LogP contribution < -0.4 is 4.90 Å². The van der Waals surface area contributed by atoms with Crippen LogP contribution in [0.15, 0.2) is 116 Å². The first-order chi connectivity index (χ1) is 15.1. The maximum atomic E-state index is 8.89. The van der Waals surface area contributed by atoms with Gasteiger partial charge in [-0.05, 0) is 97.1 Å². The Labute approximate surface area is 197 Å². The van der Waals surface area contributed by atoms with Crippen LogP contribution in [-0.4, -0.2) is 0 Å². The third-order valence-electron chi connectivity index (χ3n) is 4.55. The van der Waals surface area contributed by atoms with Crippen LogP contribution in [0.5, 0.6) is 0 Å². The summed E-state index contributed by atoms with van der Waals surface area (Å²) in [5.74, 6) is 0. The molecule has 0 spiro atoms. The molecule has 0 atom stereocenters. The summed E-state index contributed by atoms with van der Waals surface area (Å²) in [7, 11) is 0. The first kappa shape index (κ1) is 21.0. The molecular weight excluding hydrogens is 516 g/mol. The van der Waals surface area contributed by atoms with E-state index in [9.17, 15) is 0 Å². The first-order valence-electron chi connectivity index (χ1n) is 9.46. The molecule has 0 radical (unpaired) electrons. The van der Waals surface area contributed by atoms with Crippen LogP contribution in [0.1, 0.15) is 5.56 Å². The van der Waals surface area contributed by atoms with Crippen LogP contribution in [-0.2, 0) is 0 Å². The predicted molar refractivity (Wildman–Crippen MR) is 132 cm³/mol. The van der Waals surface area contributed by atoms with E-state index in [-0.39, 0.29) is 0 Å². The largest absolute Gasteiger partial charge is 0.311 e. The van der Waals surface area contributed by atoms with Crippen molar-refractivity contribution in [3.63, 3.8) is 0 Å². The van der Waals surface area contributed by atoms with Gasteiger partial charge in [-0.25, -0.2) is 0 Å². The van der Waals surface area contributed by atoms with Crippen molar-refractivity contribution in [2.75, 3.05) is 4.90 Å². The van der Waals surface area contributed by atoms with Gasteiger partial charge in [-0.15, -0.1) is 0 Å². The van der Waals surface area contributed by atoms with Gasteiger partial charge in [0, 0.05) is 26.0 Å². The number of hydrogen-bond acceptors (Lipinski definition) is 4. The average Bonchev–Trinajstić information content (AvgIpc) is 2.81. The summed E-state index contributed by atoms with van der Waals surface area (Å²) in [4.78, 5) is 2.18. The Bertz CT molecular complexity index is 1180. The highest BCUT2D eigenvalue weighted by Gasteiger charge is 2.12. The van der Waals surface area contributed by atoms with Crippen molar-refractivity contribution in [1.82, 2.24) is 0 Å². The Kier molecular flexibility index (Phi) is 6.56. The van der Waals surface area contributed by atoms with E-state index in [1.165, 1.54) is 0 Å². The zero-order chi connectivity index (χ0) is 21.6. The molecule has 6 heteroatoms. The van der Waals surface area contributed by atoms with Gasteiger partial charge in [-0.3, -0.25) is 0 Å². The molecule has 0 bridgehead atoms. The topological polar surface area (TPSA) is 51.8 Å². The second kappa shape index (κ2) is 9.69. The summed E-state index contributed by atoms with van der Waals surface area (Å²) in [5, 5.41) is 17.5. The number of rotatable bonds is 5. The van der Waals surface area contributed by atoms with Crippen molar-refractivity contribution in [2.24, 2.45) is 10.2 Å². The highest BCUT2D eigenvalue weighted by Crippen LogP contribution is 2.36. The lowest BCUT2D eigenvalue weighted by Gasteiger charge is -2.25. The van der Waals surface area contributed by atoms with E-state index in [0.29, 0.717) is 11.3 Å². The van der Waals surface area contributed by atoms with Gasteiger partial charge in [0.2, 0.25) is 0 Å². The molecule has 0 saturated carbocycles. The van der Waals surface area contributed by atoms with Gasteiger partial charge in [0.05, 0.1) is 23.0 Å². The normalized spacial score (nSPS) is 10.7. The molecule has 0 heterocycles. The fourth-order valence-corrected chi connectivity index (χ4v) is 3.54. The molecule has 4 aromatic carbocycles. The van der Waals surface area contributed by atoms with Crippen LogP contribution in [0.3, 0.4) is 0 Å². The lowest BCUT2D eigenvalue weighted by Crippen LogP contribution is -2.09. The molecule has 0 fully saturated rings. The van der Waals surface area contributed by atoms with E-state index in [4.69, 9.17) is 5.26 Å². The summed E-state index contributed by atoms with van der Waals surface area (Å²) in [6.45, 7) is 0. The predicted octanol–water partition coefficient (Wildman–Crippen LogP) is 8.97. The van der Waals surface area contributed by atoms with Crippen LogP contribution >= 0.6 is 31.9 Å². The van der Waals surface area contributed by atoms with Gasteiger partial charge in [-0.1, -0.05) is 31.9 Å². The van der Waals surface area contributed by atoms with Crippen LogP contribution in [0.4, 0.5) is 28.4 Å². The van der Waals surface area contributed by atoms with Crippen LogP contribution in [0.25, 0.3) is 0 Å². The number of nitriles is 1. The van der Waals surface area contributed by atoms with Gasteiger partial charge >= 0.3 is 0 Å². The van der Waals surface area contributed by atoms with Crippen molar-refractivity contribution in [2.45, 2.75) is 0 Å². The fourth-order valence-electron chi connectivity index (χ4n) is 3.01. The van der Waals surface area contributed by atoms with Crippen LogP contribution in [0.2, 0.25) is 0 Å². The third-order valence-corrected chi connectivity index (χ3v) is 5.61. The monoisotopic (exact) mass is 530 g/mol. The molecule has 31 heavy (non-hydrogen) atoms. The molecule has 0 N–H and O–H groups in total. The molecule has 0 saturated heterocycles. The number of anilines is 3. The smallest absolute Gasteiger partial charge is 0.0991 e. The first-order valence-corrected chi connectivity index (χ1v) is 11.0. The number of benzene rings is 4. The van der Waals surface area contributed by atoms with E-state index in [0.717, 1.165) is 31.7 Å². The highest BCUT2D eigenvalue weighted by molar-refractivity contribution is 9.10. The third kappa shape index (κ3) is 5.26. The molecule has 4 nitrogen and oxygen atoms in total. The maximum absolute atomic E-state index is 8.89. The van der Waals surface area contributed by atoms with E-state index in [2.05, 4.69) is 77.3 Å². The minimum absolute atomic E-state index is 0.601. The van der Waals surface area contributed by atoms with Gasteiger partial charge in [0.1, 0.15) is 0 Å². The molecule has 0 amide bonds. The van der Waals surface area contributed by atoms with Crippen molar-refractivity contribution in [3.05, 3.63) is 112 Å². The molecule has 0 aliphatic heterocycles. The summed E-state index contributed by atoms with van der Waals surface area (Å²) >= 11 is 7.01. The SMILES string of the molecule is N#Cc1ccc(N=Nc2ccc(N(c3ccc(Br)cc3)c3ccc(Br)cc3)cc2)cc1. The zero-order valence-electron chi connectivity index (χ0n) is 16.3. The molecule has 4 aromatic rings. The van der Waals surface area contributed by atoms with E-state index in [1.54, 1.807) is 24.3 Å². The van der Waals surface area contributed by atoms with Gasteiger partial charge in [-0.2, -0.15) is 15.5 Å². The maximum Gasteiger partial charge on any atom is 0.0991 e. The van der Waals surface area contributed by atoms with E-state index >= 15 is 0 Å². The fraction of sp³-hybridized carbons (Fsp3) is 0. The van der Waals surface area contributed by atoms with E-state index < -0.39 is 0 Å². The highest BCUT2D eigenvalue weighted by atomic mass is 79.9. The van der Waals surface area contributed by atoms with Crippen molar-refractivity contribution in [3.8, 4) is 6.07 Å². The van der Waals surface area contributed by atoms with Crippen LogP contribution in [0, 0.1) is 11.3 Å². The summed E-state index contributed by atoms with van der Waals surface area (Å²) in [6, 6.07) is 33.4. The lowest BCUT2D eigenvalue weighted by molar-refractivity contribution is 1.22. The molecule has 0 unspecified atom stereocenters. The summed E-state index contributed by atoms with van der Waals surface area (Å²) in [6.07, 6.45) is 0. The Hall–Kier alpha value is -3.27. The van der Waals surface area contributed by atoms with Crippen molar-refractivity contribution < 1.29 is 0 Å². The van der Waals surface area contributed by atoms with Crippen molar-refractivity contribution in [1.29, 1.82) is 5.26 Å². The van der Waals surface area contributed by atoms with E-state index in [1.807, 2.05) is 48.5 Å². The van der Waals surface area contributed by atoms with Gasteiger partial charge < -0.3 is 4.90 Å². The summed E-state index contributed by atoms with van der Waals surface area (Å²) < 4.78 is 2.07. The number of nitrogens with zero attached hydrogens (tertiary/aromatic N) is 4. The molecule has 0 aromatic heterocycles. The standard InChI is InChI=1S/C25H16Br2N4/c26-19-3-11-23(12-4-19)31(24-13-5-20(27)6-14-24)25-15-9-22(10-16-25)30-29-21-7-1-18(17-28)2-8-21/h1-16H. The summed E-state index contributed by atoms with van der Waals surface area (Å²) in [5.41, 5.74) is 5.18. The quantitative estimate of drug-likeness (QED) is 0.241. The molecule has 0 aliphatic rings. The van der Waals surface area contributed by atoms with Crippen molar-refractivity contribution >= 4 is 60.3 Å². The second-order valence-electron chi connectivity index (χ2n) is 6.66. The zero-order valence-corrected chi connectivity index (χ0v) is 19.5. The Morgan fingerprint density at radius 3 is 1.29 bits per heavy atom. The molecular formula is C25H16Br2N4. The minimum atomic E-state index is 0.601. The lowest BCUT2D eigenvalue weighted by atomic mass is 10.2. The Morgan fingerprint density at radius 1 is 0.548 bits per heavy atom.